The number of hydrogen-bond acceptors (Lipinski definition) is 9. The van der Waals surface area contributed by atoms with E-state index in [4.69, 9.17) is 10.2 Å². The second-order valence-corrected chi connectivity index (χ2v) is 7.11. The summed E-state index contributed by atoms with van der Waals surface area (Å²) >= 11 is 0. The van der Waals surface area contributed by atoms with Crippen LogP contribution in [-0.4, -0.2) is 39.5 Å². The van der Waals surface area contributed by atoms with Crippen LogP contribution in [0.3, 0.4) is 0 Å². The number of oxazole rings is 1. The molecule has 4 heterocycles. The molecule has 32 heavy (non-hydrogen) atoms. The number of fused-ring (bicyclic) bond motifs is 1. The van der Waals surface area contributed by atoms with E-state index in [1.54, 1.807) is 13.0 Å². The van der Waals surface area contributed by atoms with E-state index in [2.05, 4.69) is 25.3 Å². The minimum Gasteiger partial charge on any atom is -0.448 e. The summed E-state index contributed by atoms with van der Waals surface area (Å²) in [6, 6.07) is 11.1. The third-order valence-corrected chi connectivity index (χ3v) is 5.10. The average Bonchev–Trinajstić information content (AvgIpc) is 3.37. The zero-order valence-corrected chi connectivity index (χ0v) is 17.0. The Morgan fingerprint density at radius 3 is 2.72 bits per heavy atom. The summed E-state index contributed by atoms with van der Waals surface area (Å²) in [5.41, 5.74) is 9.46. The Balaban J connectivity index is 1.82. The van der Waals surface area contributed by atoms with Crippen LogP contribution in [0.2, 0.25) is 0 Å². The summed E-state index contributed by atoms with van der Waals surface area (Å²) in [4.78, 5) is 21.8. The van der Waals surface area contributed by atoms with Gasteiger partial charge in [0.05, 0.1) is 36.3 Å². The molecule has 0 atom stereocenters. The predicted molar refractivity (Wildman–Crippen MR) is 114 cm³/mol. The summed E-state index contributed by atoms with van der Waals surface area (Å²) in [6.45, 7) is 1.59. The Kier molecular flexibility index (Phi) is 4.71. The van der Waals surface area contributed by atoms with E-state index >= 15 is 0 Å². The first-order chi connectivity index (χ1) is 15.6. The van der Waals surface area contributed by atoms with Gasteiger partial charge in [-0.2, -0.15) is 10.2 Å². The Labute approximate surface area is 180 Å². The molecule has 0 amide bonds. The Morgan fingerprint density at radius 2 is 2.00 bits per heavy atom. The second kappa shape index (κ2) is 7.71. The molecule has 0 bridgehead atoms. The number of rotatable bonds is 5. The third kappa shape index (κ3) is 3.20. The fourth-order valence-corrected chi connectivity index (χ4v) is 3.52. The Hall–Kier alpha value is -4.38. The molecule has 0 aliphatic carbocycles. The molecular weight excluding hydrogens is 412 g/mol. The van der Waals surface area contributed by atoms with Crippen LogP contribution in [0.25, 0.3) is 28.0 Å². The Bertz CT molecular complexity index is 1490. The molecular formula is C21H18N8O3. The van der Waals surface area contributed by atoms with Gasteiger partial charge in [0, 0.05) is 11.1 Å². The number of anilines is 1. The molecule has 160 valence electrons. The first-order valence-corrected chi connectivity index (χ1v) is 9.73. The zero-order valence-electron chi connectivity index (χ0n) is 17.0. The molecule has 11 nitrogen and oxygen atoms in total. The lowest BCUT2D eigenvalue weighted by molar-refractivity contribution is 0.275. The number of nitrogens with two attached hydrogens (primary N) is 1. The van der Waals surface area contributed by atoms with Crippen LogP contribution in [0.4, 0.5) is 5.95 Å². The second-order valence-electron chi connectivity index (χ2n) is 7.11. The van der Waals surface area contributed by atoms with Crippen LogP contribution in [0.5, 0.6) is 0 Å². The molecule has 0 fully saturated rings. The standard InChI is InChI=1S/C21H18N8O3/c1-12-16(23-11-32-12)9-28-21(31)29-19(27-28)17(14-7-15(10-30)26-24-8-14)18(25-20(29)22)13-5-3-2-4-6-13/h2-8,11,30H,9-10H2,1H3,(H2,22,25). The molecule has 0 saturated carbocycles. The first kappa shape index (κ1) is 19.6. The maximum Gasteiger partial charge on any atom is 0.353 e. The normalized spacial score (nSPS) is 11.3. The van der Waals surface area contributed by atoms with Crippen molar-refractivity contribution in [3.63, 3.8) is 0 Å². The lowest BCUT2D eigenvalue weighted by atomic mass is 10.0. The lowest BCUT2D eigenvalue weighted by Gasteiger charge is -2.12. The molecule has 0 spiro atoms. The molecule has 5 aromatic rings. The van der Waals surface area contributed by atoms with E-state index in [-0.39, 0.29) is 19.1 Å². The summed E-state index contributed by atoms with van der Waals surface area (Å²) in [7, 11) is 0. The molecule has 0 aliphatic rings. The molecule has 0 radical (unpaired) electrons. The minimum absolute atomic E-state index is 0.000116. The number of nitrogen functional groups attached to an aromatic ring is 1. The van der Waals surface area contributed by atoms with Crippen LogP contribution in [0, 0.1) is 6.92 Å². The van der Waals surface area contributed by atoms with Gasteiger partial charge in [-0.25, -0.2) is 23.8 Å². The summed E-state index contributed by atoms with van der Waals surface area (Å²) < 4.78 is 7.74. The van der Waals surface area contributed by atoms with E-state index in [0.717, 1.165) is 5.56 Å². The summed E-state index contributed by atoms with van der Waals surface area (Å²) in [6.07, 6.45) is 2.85. The highest BCUT2D eigenvalue weighted by Gasteiger charge is 2.22. The van der Waals surface area contributed by atoms with Gasteiger partial charge in [-0.3, -0.25) is 0 Å². The van der Waals surface area contributed by atoms with Crippen molar-refractivity contribution in [1.29, 1.82) is 0 Å². The van der Waals surface area contributed by atoms with Crippen LogP contribution < -0.4 is 11.4 Å². The number of aromatic nitrogens is 7. The maximum atomic E-state index is 13.2. The van der Waals surface area contributed by atoms with Gasteiger partial charge in [0.2, 0.25) is 5.95 Å². The van der Waals surface area contributed by atoms with Crippen LogP contribution in [0.15, 0.2) is 58.2 Å². The fraction of sp³-hybridized carbons (Fsp3) is 0.143. The van der Waals surface area contributed by atoms with Crippen molar-refractivity contribution >= 4 is 11.6 Å². The minimum atomic E-state index is -0.461. The molecule has 0 saturated heterocycles. The van der Waals surface area contributed by atoms with Crippen LogP contribution >= 0.6 is 0 Å². The third-order valence-electron chi connectivity index (χ3n) is 5.10. The SMILES string of the molecule is Cc1ocnc1Cn1nc2c(-c3cnnc(CO)c3)c(-c3ccccc3)nc(N)n2c1=O. The lowest BCUT2D eigenvalue weighted by Crippen LogP contribution is -2.24. The number of aliphatic hydroxyl groups excluding tert-OH is 1. The number of aliphatic hydroxyl groups is 1. The largest absolute Gasteiger partial charge is 0.448 e. The molecule has 4 aromatic heterocycles. The number of nitrogens with zero attached hydrogens (tertiary/aromatic N) is 7. The van der Waals surface area contributed by atoms with Crippen molar-refractivity contribution in [2.75, 3.05) is 5.73 Å². The smallest absolute Gasteiger partial charge is 0.353 e. The van der Waals surface area contributed by atoms with Crippen molar-refractivity contribution in [3.05, 3.63) is 76.6 Å². The van der Waals surface area contributed by atoms with Gasteiger partial charge in [0.25, 0.3) is 0 Å². The predicted octanol–water partition coefficient (Wildman–Crippen LogP) is 1.43. The number of hydrogen-bond donors (Lipinski definition) is 2. The topological polar surface area (TPSA) is 150 Å². The first-order valence-electron chi connectivity index (χ1n) is 9.73. The highest BCUT2D eigenvalue weighted by Crippen LogP contribution is 2.34. The number of aryl methyl sites for hydroxylation is 1. The van der Waals surface area contributed by atoms with E-state index in [0.29, 0.717) is 39.6 Å². The van der Waals surface area contributed by atoms with Crippen LogP contribution in [-0.2, 0) is 13.2 Å². The van der Waals surface area contributed by atoms with Gasteiger partial charge in [-0.1, -0.05) is 30.3 Å². The molecule has 1 aromatic carbocycles. The highest BCUT2D eigenvalue weighted by molar-refractivity contribution is 5.90. The fourth-order valence-electron chi connectivity index (χ4n) is 3.52. The average molecular weight is 430 g/mol. The molecule has 0 unspecified atom stereocenters. The monoisotopic (exact) mass is 430 g/mol. The van der Waals surface area contributed by atoms with Gasteiger partial charge in [0.15, 0.2) is 12.0 Å². The summed E-state index contributed by atoms with van der Waals surface area (Å²) in [5, 5.41) is 22.0. The molecule has 3 N–H and O–H groups in total. The maximum absolute atomic E-state index is 13.2. The zero-order chi connectivity index (χ0) is 22.2. The van der Waals surface area contributed by atoms with E-state index < -0.39 is 5.69 Å². The van der Waals surface area contributed by atoms with Crippen molar-refractivity contribution in [3.8, 4) is 22.4 Å². The molecule has 11 heteroatoms. The van der Waals surface area contributed by atoms with Crippen molar-refractivity contribution in [2.24, 2.45) is 0 Å². The highest BCUT2D eigenvalue weighted by atomic mass is 16.3. The van der Waals surface area contributed by atoms with Gasteiger partial charge in [-0.15, -0.1) is 5.10 Å². The van der Waals surface area contributed by atoms with Crippen molar-refractivity contribution in [1.82, 2.24) is 34.3 Å². The van der Waals surface area contributed by atoms with Gasteiger partial charge < -0.3 is 15.3 Å². The van der Waals surface area contributed by atoms with Crippen LogP contribution in [0.1, 0.15) is 17.1 Å². The molecule has 0 aliphatic heterocycles. The van der Waals surface area contributed by atoms with Crippen molar-refractivity contribution < 1.29 is 9.52 Å². The van der Waals surface area contributed by atoms with Crippen molar-refractivity contribution in [2.45, 2.75) is 20.1 Å². The van der Waals surface area contributed by atoms with Gasteiger partial charge in [0.1, 0.15) is 11.5 Å². The number of benzene rings is 1. The van der Waals surface area contributed by atoms with Gasteiger partial charge >= 0.3 is 5.69 Å². The van der Waals surface area contributed by atoms with E-state index in [1.165, 1.54) is 21.7 Å². The Morgan fingerprint density at radius 1 is 1.19 bits per heavy atom. The molecule has 5 rings (SSSR count). The van der Waals surface area contributed by atoms with E-state index in [1.807, 2.05) is 30.3 Å². The summed E-state index contributed by atoms with van der Waals surface area (Å²) in [5.74, 6) is 0.594. The van der Waals surface area contributed by atoms with Gasteiger partial charge in [-0.05, 0) is 13.0 Å². The quantitative estimate of drug-likeness (QED) is 0.422. The van der Waals surface area contributed by atoms with E-state index in [9.17, 15) is 9.90 Å².